The van der Waals surface area contributed by atoms with Gasteiger partial charge in [-0.15, -0.1) is 0 Å². The standard InChI is InChI=1S/C39H46F3N7O7/c40-28-6-7-30(41)29(18-28)33-23-47(21-25-4-2-1-3-5-25)37(46-33)36(26-10-14-54-15-11-26)49(22-27-19-44-20-31(27)42)38(52)32(43)24-56-39(53)45-12-16-55-17-13-48-34(50)8-9-35(48)51/h1-9,18,23,26-27,31-32,36,44H,10-17,19-22,24,43H2,(H,45,53). The molecule has 4 N–H and O–H groups in total. The molecule has 4 unspecified atom stereocenters. The summed E-state index contributed by atoms with van der Waals surface area (Å²) in [5, 5.41) is 5.55. The number of carbonyl (C=O) groups is 4. The molecule has 2 fully saturated rings. The second-order valence-electron chi connectivity index (χ2n) is 13.9. The van der Waals surface area contributed by atoms with E-state index in [1.54, 1.807) is 6.20 Å². The molecule has 2 aromatic carbocycles. The number of hydrogen-bond acceptors (Lipinski definition) is 10. The molecule has 0 radical (unpaired) electrons. The number of aromatic nitrogens is 2. The molecule has 0 spiro atoms. The molecule has 6 rings (SSSR count). The van der Waals surface area contributed by atoms with E-state index in [1.165, 1.54) is 17.1 Å². The lowest BCUT2D eigenvalue weighted by atomic mass is 9.88. The SMILES string of the molecule is NC(COC(=O)NCCOCCN1C(=O)C=CC1=O)C(=O)N(CC1CNCC1F)C(c1nc(-c2cc(F)ccc2F)cn1Cc1ccccc1)C1CCOCC1. The van der Waals surface area contributed by atoms with Gasteiger partial charge < -0.3 is 40.0 Å². The molecule has 2 saturated heterocycles. The Labute approximate surface area is 322 Å². The second kappa shape index (κ2) is 19.2. The first-order chi connectivity index (χ1) is 27.1. The molecule has 3 aliphatic heterocycles. The zero-order valence-corrected chi connectivity index (χ0v) is 30.8. The number of hydrogen-bond donors (Lipinski definition) is 3. The topological polar surface area (TPSA) is 170 Å². The molecule has 0 bridgehead atoms. The molecule has 56 heavy (non-hydrogen) atoms. The number of nitrogens with one attached hydrogen (secondary N) is 2. The summed E-state index contributed by atoms with van der Waals surface area (Å²) >= 11 is 0. The first-order valence-electron chi connectivity index (χ1n) is 18.7. The Morgan fingerprint density at radius 1 is 1.05 bits per heavy atom. The quantitative estimate of drug-likeness (QED) is 0.137. The minimum atomic E-state index is -1.35. The monoisotopic (exact) mass is 781 g/mol. The van der Waals surface area contributed by atoms with Crippen molar-refractivity contribution in [2.45, 2.75) is 37.6 Å². The van der Waals surface area contributed by atoms with Gasteiger partial charge in [0.25, 0.3) is 11.8 Å². The average Bonchev–Trinajstić information content (AvgIpc) is 3.90. The highest BCUT2D eigenvalue weighted by atomic mass is 19.1. The largest absolute Gasteiger partial charge is 0.447 e. The lowest BCUT2D eigenvalue weighted by Crippen LogP contribution is -2.52. The van der Waals surface area contributed by atoms with Crippen LogP contribution < -0.4 is 16.4 Å². The highest BCUT2D eigenvalue weighted by Crippen LogP contribution is 2.38. The third-order valence-corrected chi connectivity index (χ3v) is 10.1. The van der Waals surface area contributed by atoms with E-state index in [1.807, 2.05) is 34.9 Å². The molecular formula is C39H46F3N7O7. The number of nitrogens with zero attached hydrogens (tertiary/aromatic N) is 4. The molecule has 1 aromatic heterocycles. The number of nitrogens with two attached hydrogens (primary N) is 1. The van der Waals surface area contributed by atoms with Gasteiger partial charge in [0.05, 0.1) is 31.5 Å². The molecule has 3 aliphatic rings. The number of rotatable bonds is 17. The van der Waals surface area contributed by atoms with Gasteiger partial charge in [-0.3, -0.25) is 19.3 Å². The Balaban J connectivity index is 1.22. The van der Waals surface area contributed by atoms with Gasteiger partial charge >= 0.3 is 6.09 Å². The van der Waals surface area contributed by atoms with Crippen molar-refractivity contribution in [3.63, 3.8) is 0 Å². The van der Waals surface area contributed by atoms with Crippen LogP contribution in [0.15, 0.2) is 66.9 Å². The van der Waals surface area contributed by atoms with Gasteiger partial charge in [-0.1, -0.05) is 30.3 Å². The van der Waals surface area contributed by atoms with E-state index in [0.717, 1.165) is 28.7 Å². The van der Waals surface area contributed by atoms with E-state index in [-0.39, 0.29) is 63.1 Å². The van der Waals surface area contributed by atoms with E-state index in [0.29, 0.717) is 38.4 Å². The summed E-state index contributed by atoms with van der Waals surface area (Å²) < 4.78 is 63.2. The lowest BCUT2D eigenvalue weighted by molar-refractivity contribution is -0.140. The molecule has 4 amide bonds. The predicted octanol–water partition coefficient (Wildman–Crippen LogP) is 2.73. The van der Waals surface area contributed by atoms with Crippen LogP contribution in [-0.4, -0.2) is 121 Å². The van der Waals surface area contributed by atoms with Gasteiger partial charge in [-0.25, -0.2) is 22.9 Å². The van der Waals surface area contributed by atoms with Crippen molar-refractivity contribution in [3.05, 3.63) is 89.9 Å². The highest BCUT2D eigenvalue weighted by molar-refractivity contribution is 6.12. The van der Waals surface area contributed by atoms with Crippen LogP contribution in [0.2, 0.25) is 0 Å². The van der Waals surface area contributed by atoms with Crippen molar-refractivity contribution >= 4 is 23.8 Å². The average molecular weight is 782 g/mol. The third-order valence-electron chi connectivity index (χ3n) is 10.1. The number of alkyl halides is 1. The van der Waals surface area contributed by atoms with E-state index >= 15 is 8.78 Å². The second-order valence-corrected chi connectivity index (χ2v) is 13.9. The Hall–Kier alpha value is -5.10. The first kappa shape index (κ1) is 40.6. The maximum absolute atomic E-state index is 15.3. The summed E-state index contributed by atoms with van der Waals surface area (Å²) in [6.45, 7) is 1.17. The van der Waals surface area contributed by atoms with Gasteiger partial charge in [-0.05, 0) is 42.5 Å². The summed E-state index contributed by atoms with van der Waals surface area (Å²) in [6, 6.07) is 10.4. The van der Waals surface area contributed by atoms with Crippen molar-refractivity contribution in [2.24, 2.45) is 17.6 Å². The molecule has 0 aliphatic carbocycles. The molecule has 4 heterocycles. The fourth-order valence-electron chi connectivity index (χ4n) is 7.14. The zero-order valence-electron chi connectivity index (χ0n) is 30.8. The highest BCUT2D eigenvalue weighted by Gasteiger charge is 2.41. The minimum absolute atomic E-state index is 0.0327. The maximum atomic E-state index is 15.3. The molecule has 0 saturated carbocycles. The van der Waals surface area contributed by atoms with Crippen molar-refractivity contribution < 1.29 is 46.6 Å². The fraction of sp³-hybridized carbons (Fsp3) is 0.462. The molecular weight excluding hydrogens is 735 g/mol. The van der Waals surface area contributed by atoms with Gasteiger partial charge in [0.1, 0.15) is 36.3 Å². The zero-order chi connectivity index (χ0) is 39.6. The smallest absolute Gasteiger partial charge is 0.407 e. The summed E-state index contributed by atoms with van der Waals surface area (Å²) in [5.41, 5.74) is 7.45. The van der Waals surface area contributed by atoms with Crippen molar-refractivity contribution in [2.75, 3.05) is 65.8 Å². The Kier molecular flexibility index (Phi) is 13.9. The van der Waals surface area contributed by atoms with Gasteiger partial charge in [0.15, 0.2) is 0 Å². The van der Waals surface area contributed by atoms with E-state index in [2.05, 4.69) is 10.6 Å². The fourth-order valence-corrected chi connectivity index (χ4v) is 7.14. The number of amides is 4. The van der Waals surface area contributed by atoms with E-state index < -0.39 is 66.2 Å². The Morgan fingerprint density at radius 3 is 2.52 bits per heavy atom. The van der Waals surface area contributed by atoms with Crippen LogP contribution in [0.3, 0.4) is 0 Å². The Bertz CT molecular complexity index is 1860. The van der Waals surface area contributed by atoms with Crippen molar-refractivity contribution in [3.8, 4) is 11.3 Å². The normalized spacial score (nSPS) is 19.7. The maximum Gasteiger partial charge on any atom is 0.407 e. The van der Waals surface area contributed by atoms with E-state index in [4.69, 9.17) is 24.9 Å². The summed E-state index contributed by atoms with van der Waals surface area (Å²) in [7, 11) is 0. The number of imide groups is 1. The van der Waals surface area contributed by atoms with Crippen molar-refractivity contribution in [1.82, 2.24) is 30.0 Å². The molecule has 17 heteroatoms. The summed E-state index contributed by atoms with van der Waals surface area (Å²) in [5.74, 6) is -3.21. The number of imidazole rings is 1. The van der Waals surface area contributed by atoms with Crippen molar-refractivity contribution in [1.29, 1.82) is 0 Å². The number of benzene rings is 2. The Morgan fingerprint density at radius 2 is 1.80 bits per heavy atom. The number of alkyl carbamates (subject to hydrolysis) is 1. The lowest BCUT2D eigenvalue weighted by Gasteiger charge is -2.40. The van der Waals surface area contributed by atoms with Crippen LogP contribution >= 0.6 is 0 Å². The van der Waals surface area contributed by atoms with Crippen LogP contribution in [0, 0.1) is 23.5 Å². The molecule has 4 atom stereocenters. The number of carbonyl (C=O) groups excluding carboxylic acids is 4. The number of ether oxygens (including phenoxy) is 3. The van der Waals surface area contributed by atoms with Gasteiger partial charge in [0.2, 0.25) is 5.91 Å². The summed E-state index contributed by atoms with van der Waals surface area (Å²) in [4.78, 5) is 57.9. The van der Waals surface area contributed by atoms with Crippen LogP contribution in [-0.2, 0) is 35.1 Å². The predicted molar refractivity (Wildman–Crippen MR) is 196 cm³/mol. The minimum Gasteiger partial charge on any atom is -0.447 e. The molecule has 14 nitrogen and oxygen atoms in total. The number of halogens is 3. The van der Waals surface area contributed by atoms with Crippen LogP contribution in [0.5, 0.6) is 0 Å². The van der Waals surface area contributed by atoms with Gasteiger partial charge in [-0.2, -0.15) is 0 Å². The summed E-state index contributed by atoms with van der Waals surface area (Å²) in [6.07, 6.45) is 2.92. The van der Waals surface area contributed by atoms with Crippen LogP contribution in [0.1, 0.15) is 30.3 Å². The van der Waals surface area contributed by atoms with Crippen LogP contribution in [0.4, 0.5) is 18.0 Å². The van der Waals surface area contributed by atoms with E-state index in [9.17, 15) is 23.6 Å². The molecule has 3 aromatic rings. The van der Waals surface area contributed by atoms with Gasteiger partial charge in [0, 0.05) is 75.8 Å². The first-order valence-corrected chi connectivity index (χ1v) is 18.7. The van der Waals surface area contributed by atoms with Crippen LogP contribution in [0.25, 0.3) is 11.3 Å². The third kappa shape index (κ3) is 10.2. The molecule has 300 valence electrons.